The molecule has 10 saturated heterocycles. The quantitative estimate of drug-likeness (QED) is 0.138. The van der Waals surface area contributed by atoms with Gasteiger partial charge in [0.2, 0.25) is 0 Å². The van der Waals surface area contributed by atoms with Crippen molar-refractivity contribution in [3.63, 3.8) is 0 Å². The Balaban J connectivity index is 1.17. The van der Waals surface area contributed by atoms with Crippen molar-refractivity contribution in [2.45, 2.75) is 99.0 Å². The van der Waals surface area contributed by atoms with E-state index in [1.807, 2.05) is 0 Å². The van der Waals surface area contributed by atoms with Gasteiger partial charge in [0.25, 0.3) is 0 Å². The first-order chi connectivity index (χ1) is 21.4. The molecule has 3 heteroatoms. The molecule has 4 aromatic rings. The Morgan fingerprint density at radius 3 is 0.889 bits per heavy atom. The van der Waals surface area contributed by atoms with Gasteiger partial charge in [-0.2, -0.15) is 0 Å². The van der Waals surface area contributed by atoms with E-state index in [1.165, 1.54) is 58.4 Å². The summed E-state index contributed by atoms with van der Waals surface area (Å²) >= 11 is 0. The fourth-order valence-corrected chi connectivity index (χ4v) is 198. The summed E-state index contributed by atoms with van der Waals surface area (Å²) in [6.45, 7) is 19.6. The first-order valence-corrected chi connectivity index (χ1v) is 29.9. The molecular formula is C42H44P2Ru. The van der Waals surface area contributed by atoms with Crippen molar-refractivity contribution in [2.75, 3.05) is 0 Å². The summed E-state index contributed by atoms with van der Waals surface area (Å²) in [6, 6.07) is 29.9. The van der Waals surface area contributed by atoms with E-state index in [0.717, 1.165) is 0 Å². The van der Waals surface area contributed by atoms with Crippen LogP contribution >= 0.6 is 15.8 Å². The molecule has 0 saturated carbocycles. The van der Waals surface area contributed by atoms with E-state index >= 15 is 0 Å². The van der Waals surface area contributed by atoms with Gasteiger partial charge in [-0.25, -0.2) is 0 Å². The molecule has 4 atom stereocenters. The molecule has 0 nitrogen and oxygen atoms in total. The van der Waals surface area contributed by atoms with Crippen LogP contribution in [0.5, 0.6) is 0 Å². The van der Waals surface area contributed by atoms with Gasteiger partial charge in [0.1, 0.15) is 0 Å². The molecule has 10 aliphatic rings. The van der Waals surface area contributed by atoms with E-state index in [0.29, 0.717) is 7.50 Å². The van der Waals surface area contributed by atoms with Crippen molar-refractivity contribution >= 4 is 37.1 Å². The Kier molecular flexibility index (Phi) is 2.22. The maximum atomic E-state index is 2.65. The number of aryl methyl sites for hydroxylation is 4. The molecule has 1 spiro atoms. The maximum absolute atomic E-state index is 4.40. The standard InChI is InChI=1S/C37H39P2.C5H5.Ru/c1-24-14-9-18-32(28(24)5)38(33-19-10-15-25(2)29(33)6)36-22-13-23-37(36)39(34-20-11-16-26(3)30(34)7)35-21-12-17-27(4)31(35)8;1-2-4-5-3-1;/h9-23H,1-8H3;1-5H;. The van der Waals surface area contributed by atoms with Crippen LogP contribution in [0.25, 0.3) is 0 Å². The van der Waals surface area contributed by atoms with Crippen molar-refractivity contribution < 1.29 is 7.72 Å². The number of hydrogen-bond acceptors (Lipinski definition) is 0. The van der Waals surface area contributed by atoms with E-state index in [4.69, 9.17) is 0 Å². The molecule has 230 valence electrons. The van der Waals surface area contributed by atoms with Gasteiger partial charge in [-0.15, -0.1) is 0 Å². The topological polar surface area (TPSA) is 0 Å². The molecule has 14 rings (SSSR count). The molecule has 0 radical (unpaired) electrons. The average molecular weight is 712 g/mol. The zero-order valence-corrected chi connectivity index (χ0v) is 31.3. The minimum atomic E-state index is -4.40. The Morgan fingerprint density at radius 2 is 0.667 bits per heavy atom. The number of benzene rings is 4. The number of hydrogen-bond donors (Lipinski definition) is 0. The molecule has 0 aliphatic carbocycles. The Labute approximate surface area is 259 Å². The predicted molar refractivity (Wildman–Crippen MR) is 192 cm³/mol. The van der Waals surface area contributed by atoms with E-state index in [2.05, 4.69) is 128 Å². The third kappa shape index (κ3) is 0.721. The predicted octanol–water partition coefficient (Wildman–Crippen LogP) is 9.92. The van der Waals surface area contributed by atoms with Crippen molar-refractivity contribution in [2.24, 2.45) is 0 Å². The van der Waals surface area contributed by atoms with Crippen LogP contribution < -0.4 is 21.2 Å². The third-order valence-electron chi connectivity index (χ3n) is 22.6. The summed E-state index contributed by atoms with van der Waals surface area (Å²) < 4.78 is 11.5. The van der Waals surface area contributed by atoms with Gasteiger partial charge in [0, 0.05) is 0 Å². The minimum absolute atomic E-state index is 0.415. The number of rotatable bonds is 6. The Bertz CT molecular complexity index is 2330. The molecule has 4 unspecified atom stereocenters. The van der Waals surface area contributed by atoms with Crippen LogP contribution in [0.15, 0.2) is 72.8 Å². The fraction of sp³-hybridized carbons (Fsp3) is 0.429. The molecule has 10 heterocycles. The molecule has 10 aliphatic heterocycles. The summed E-state index contributed by atoms with van der Waals surface area (Å²) in [5.74, 6) is 0. The van der Waals surface area contributed by atoms with E-state index in [1.54, 1.807) is 43.5 Å². The molecular weight excluding hydrogens is 667 g/mol. The van der Waals surface area contributed by atoms with Crippen LogP contribution in [0.2, 0.25) is 36.1 Å². The Morgan fingerprint density at radius 1 is 0.400 bits per heavy atom. The summed E-state index contributed by atoms with van der Waals surface area (Å²) in [4.78, 5) is 0. The second kappa shape index (κ2) is 4.08. The van der Waals surface area contributed by atoms with Gasteiger partial charge < -0.3 is 0 Å². The molecule has 0 N–H and O–H groups in total. The SMILES string of the molecule is Cc1cccc(P(c2cccc(C)c2C)[C]23[CH]4[CH]5[CH]6[C]2(P(c2cccc(C)c2C)c2cccc(C)c2C)[Ru]54632789[CH]3[CH]2[CH]7[CH]8[CH]39)c1C. The molecule has 0 bridgehead atoms. The normalized spacial score (nSPS) is 54.2. The molecule has 0 amide bonds. The average Bonchev–Trinajstić information content (AvgIpc) is 3.97. The van der Waals surface area contributed by atoms with Gasteiger partial charge in [-0.05, 0) is 0 Å². The Hall–Kier alpha value is -1.64. The van der Waals surface area contributed by atoms with Crippen LogP contribution in [0.3, 0.4) is 0 Å². The van der Waals surface area contributed by atoms with Gasteiger partial charge in [-0.3, -0.25) is 0 Å². The summed E-state index contributed by atoms with van der Waals surface area (Å²) in [5, 5.41) is 7.20. The van der Waals surface area contributed by atoms with Crippen LogP contribution in [0.1, 0.15) is 44.5 Å². The van der Waals surface area contributed by atoms with Crippen molar-refractivity contribution in [3.8, 4) is 0 Å². The van der Waals surface area contributed by atoms with Crippen molar-refractivity contribution in [1.29, 1.82) is 0 Å². The van der Waals surface area contributed by atoms with Crippen LogP contribution in [-0.4, -0.2) is 7.50 Å². The molecule has 10 fully saturated rings. The van der Waals surface area contributed by atoms with Gasteiger partial charge in [0.15, 0.2) is 0 Å². The second-order valence-electron chi connectivity index (χ2n) is 19.2. The van der Waals surface area contributed by atoms with Crippen molar-refractivity contribution in [3.05, 3.63) is 117 Å². The molecule has 4 aromatic carbocycles. The van der Waals surface area contributed by atoms with E-state index in [9.17, 15) is 0 Å². The van der Waals surface area contributed by atoms with Gasteiger partial charge in [-0.1, -0.05) is 0 Å². The summed E-state index contributed by atoms with van der Waals surface area (Å²) in [5.41, 5.74) is 12.6. The monoisotopic (exact) mass is 712 g/mol. The van der Waals surface area contributed by atoms with Crippen LogP contribution in [0, 0.1) is 55.4 Å². The second-order valence-corrected chi connectivity index (χ2v) is 61.8. The van der Waals surface area contributed by atoms with Gasteiger partial charge in [0.05, 0.1) is 0 Å². The van der Waals surface area contributed by atoms with Crippen molar-refractivity contribution in [1.82, 2.24) is 0 Å². The zero-order chi connectivity index (χ0) is 30.5. The van der Waals surface area contributed by atoms with Crippen LogP contribution in [0.4, 0.5) is 0 Å². The molecule has 45 heavy (non-hydrogen) atoms. The zero-order valence-electron chi connectivity index (χ0n) is 27.8. The van der Waals surface area contributed by atoms with E-state index < -0.39 is 23.6 Å². The third-order valence-corrected chi connectivity index (χ3v) is 108. The molecule has 0 aromatic heterocycles. The number of fused-ring (bicyclic) bond motifs is 10. The first kappa shape index (κ1) is 24.5. The first-order valence-electron chi connectivity index (χ1n) is 17.5. The van der Waals surface area contributed by atoms with E-state index in [-0.39, 0.29) is 0 Å². The summed E-state index contributed by atoms with van der Waals surface area (Å²) in [7, 11) is -5.23. The fourth-order valence-electron chi connectivity index (χ4n) is 22.4. The summed E-state index contributed by atoms with van der Waals surface area (Å²) in [6.07, 6.45) is 0. The van der Waals surface area contributed by atoms with Gasteiger partial charge >= 0.3 is 261 Å². The van der Waals surface area contributed by atoms with Crippen LogP contribution in [-0.2, 0) is 7.72 Å².